The fourth-order valence-electron chi connectivity index (χ4n) is 0.652. The average molecular weight is 142 g/mol. The van der Waals surface area contributed by atoms with Gasteiger partial charge in [-0.2, -0.15) is 0 Å². The van der Waals surface area contributed by atoms with E-state index < -0.39 is 0 Å². The number of hydrogen-bond donors (Lipinski definition) is 0. The highest BCUT2D eigenvalue weighted by Crippen LogP contribution is 1.92. The number of carbonyl (C=O) groups is 1. The summed E-state index contributed by atoms with van der Waals surface area (Å²) >= 11 is 0. The molecule has 0 bridgehead atoms. The molecule has 58 valence electrons. The Hall–Kier alpha value is -0.630. The Bertz CT molecular complexity index is 136. The van der Waals surface area contributed by atoms with Crippen molar-refractivity contribution in [1.29, 1.82) is 0 Å². The molecule has 0 aliphatic heterocycles. The molecule has 0 aliphatic rings. The van der Waals surface area contributed by atoms with Gasteiger partial charge >= 0.3 is 0 Å². The quantitative estimate of drug-likeness (QED) is 0.557. The number of carbonyl (C=O) groups excluding carboxylic acids is 1. The predicted octanol–water partition coefficient (Wildman–Crippen LogP) is 1.56. The molecular weight excluding hydrogens is 128 g/mol. The highest BCUT2D eigenvalue weighted by molar-refractivity contribution is 5.87. The molecule has 0 amide bonds. The Morgan fingerprint density at radius 3 is 2.50 bits per heavy atom. The SMILES string of the molecule is CCOCC(C)=CC(C)=O. The minimum absolute atomic E-state index is 0.0807. The van der Waals surface area contributed by atoms with E-state index in [1.54, 1.807) is 6.08 Å². The van der Waals surface area contributed by atoms with Crippen molar-refractivity contribution in [2.75, 3.05) is 13.2 Å². The fourth-order valence-corrected chi connectivity index (χ4v) is 0.652. The van der Waals surface area contributed by atoms with Crippen LogP contribution in [0.5, 0.6) is 0 Å². The first-order valence-corrected chi connectivity index (χ1v) is 3.42. The Kier molecular flexibility index (Phi) is 4.85. The second kappa shape index (κ2) is 5.18. The zero-order chi connectivity index (χ0) is 7.98. The van der Waals surface area contributed by atoms with Crippen molar-refractivity contribution in [2.24, 2.45) is 0 Å². The topological polar surface area (TPSA) is 26.3 Å². The lowest BCUT2D eigenvalue weighted by atomic mass is 10.2. The van der Waals surface area contributed by atoms with E-state index in [2.05, 4.69) is 0 Å². The molecule has 0 rings (SSSR count). The lowest BCUT2D eigenvalue weighted by Gasteiger charge is -1.98. The van der Waals surface area contributed by atoms with Gasteiger partial charge in [0, 0.05) is 6.61 Å². The van der Waals surface area contributed by atoms with Gasteiger partial charge in [0.1, 0.15) is 0 Å². The van der Waals surface area contributed by atoms with Gasteiger partial charge in [0.25, 0.3) is 0 Å². The normalized spacial score (nSPS) is 11.7. The van der Waals surface area contributed by atoms with Crippen LogP contribution in [0, 0.1) is 0 Å². The molecule has 0 N–H and O–H groups in total. The number of allylic oxidation sites excluding steroid dienone is 1. The van der Waals surface area contributed by atoms with Crippen LogP contribution in [0.2, 0.25) is 0 Å². The highest BCUT2D eigenvalue weighted by Gasteiger charge is 1.90. The van der Waals surface area contributed by atoms with E-state index in [1.165, 1.54) is 6.92 Å². The van der Waals surface area contributed by atoms with Crippen LogP contribution in [0.4, 0.5) is 0 Å². The summed E-state index contributed by atoms with van der Waals surface area (Å²) in [5, 5.41) is 0. The van der Waals surface area contributed by atoms with Crippen LogP contribution in [-0.2, 0) is 9.53 Å². The molecular formula is C8H14O2. The van der Waals surface area contributed by atoms with Crippen molar-refractivity contribution < 1.29 is 9.53 Å². The van der Waals surface area contributed by atoms with Crippen LogP contribution >= 0.6 is 0 Å². The summed E-state index contributed by atoms with van der Waals surface area (Å²) in [4.78, 5) is 10.5. The monoisotopic (exact) mass is 142 g/mol. The van der Waals surface area contributed by atoms with Crippen molar-refractivity contribution in [3.05, 3.63) is 11.6 Å². The maximum atomic E-state index is 10.5. The lowest BCUT2D eigenvalue weighted by molar-refractivity contribution is -0.112. The van der Waals surface area contributed by atoms with E-state index in [-0.39, 0.29) is 5.78 Å². The largest absolute Gasteiger partial charge is 0.377 e. The Labute approximate surface area is 61.9 Å². The van der Waals surface area contributed by atoms with Crippen molar-refractivity contribution in [3.8, 4) is 0 Å². The molecule has 0 saturated carbocycles. The van der Waals surface area contributed by atoms with E-state index in [0.717, 1.165) is 5.57 Å². The zero-order valence-corrected chi connectivity index (χ0v) is 6.81. The first kappa shape index (κ1) is 9.37. The first-order valence-electron chi connectivity index (χ1n) is 3.42. The minimum Gasteiger partial charge on any atom is -0.377 e. The van der Waals surface area contributed by atoms with Crippen molar-refractivity contribution in [1.82, 2.24) is 0 Å². The third-order valence-electron chi connectivity index (χ3n) is 0.984. The molecule has 0 heterocycles. The summed E-state index contributed by atoms with van der Waals surface area (Å²) < 4.78 is 5.08. The van der Waals surface area contributed by atoms with Crippen LogP contribution in [0.3, 0.4) is 0 Å². The fraction of sp³-hybridized carbons (Fsp3) is 0.625. The van der Waals surface area contributed by atoms with Gasteiger partial charge in [-0.25, -0.2) is 0 Å². The molecule has 0 aliphatic carbocycles. The summed E-state index contributed by atoms with van der Waals surface area (Å²) in [7, 11) is 0. The maximum absolute atomic E-state index is 10.5. The average Bonchev–Trinajstić information content (AvgIpc) is 1.82. The van der Waals surface area contributed by atoms with Gasteiger partial charge in [0.2, 0.25) is 0 Å². The van der Waals surface area contributed by atoms with E-state index in [1.807, 2.05) is 13.8 Å². The molecule has 0 unspecified atom stereocenters. The number of hydrogen-bond acceptors (Lipinski definition) is 2. The molecule has 0 aromatic heterocycles. The molecule has 0 atom stereocenters. The van der Waals surface area contributed by atoms with Gasteiger partial charge in [0.15, 0.2) is 5.78 Å². The molecule has 2 heteroatoms. The Morgan fingerprint density at radius 2 is 2.10 bits per heavy atom. The standard InChI is InChI=1S/C8H14O2/c1-4-10-6-7(2)5-8(3)9/h5H,4,6H2,1-3H3. The van der Waals surface area contributed by atoms with E-state index in [0.29, 0.717) is 13.2 Å². The van der Waals surface area contributed by atoms with Crippen LogP contribution in [0.1, 0.15) is 20.8 Å². The number of ketones is 1. The maximum Gasteiger partial charge on any atom is 0.152 e. The third kappa shape index (κ3) is 5.51. The molecule has 0 aromatic carbocycles. The molecule has 0 radical (unpaired) electrons. The molecule has 0 saturated heterocycles. The smallest absolute Gasteiger partial charge is 0.152 e. The summed E-state index contributed by atoms with van der Waals surface area (Å²) in [6, 6.07) is 0. The zero-order valence-electron chi connectivity index (χ0n) is 6.81. The lowest BCUT2D eigenvalue weighted by Crippen LogP contribution is -1.96. The summed E-state index contributed by atoms with van der Waals surface area (Å²) in [6.45, 7) is 6.62. The van der Waals surface area contributed by atoms with Crippen molar-refractivity contribution in [3.63, 3.8) is 0 Å². The number of ether oxygens (including phenoxy) is 1. The van der Waals surface area contributed by atoms with Gasteiger partial charge in [-0.3, -0.25) is 4.79 Å². The molecule has 0 fully saturated rings. The summed E-state index contributed by atoms with van der Waals surface area (Å²) in [5.41, 5.74) is 0.981. The third-order valence-corrected chi connectivity index (χ3v) is 0.984. The molecule has 10 heavy (non-hydrogen) atoms. The Balaban J connectivity index is 3.60. The Morgan fingerprint density at radius 1 is 1.50 bits per heavy atom. The summed E-state index contributed by atoms with van der Waals surface area (Å²) in [5.74, 6) is 0.0807. The number of rotatable bonds is 4. The molecule has 2 nitrogen and oxygen atoms in total. The molecule has 0 spiro atoms. The van der Waals surface area contributed by atoms with E-state index >= 15 is 0 Å². The van der Waals surface area contributed by atoms with Crippen LogP contribution in [0.25, 0.3) is 0 Å². The van der Waals surface area contributed by atoms with Crippen molar-refractivity contribution in [2.45, 2.75) is 20.8 Å². The van der Waals surface area contributed by atoms with Gasteiger partial charge in [0.05, 0.1) is 6.61 Å². The second-order valence-electron chi connectivity index (χ2n) is 2.24. The molecule has 0 aromatic rings. The van der Waals surface area contributed by atoms with Crippen LogP contribution in [-0.4, -0.2) is 19.0 Å². The van der Waals surface area contributed by atoms with Crippen molar-refractivity contribution >= 4 is 5.78 Å². The van der Waals surface area contributed by atoms with Crippen LogP contribution < -0.4 is 0 Å². The predicted molar refractivity (Wildman–Crippen MR) is 40.9 cm³/mol. The highest BCUT2D eigenvalue weighted by atomic mass is 16.5. The van der Waals surface area contributed by atoms with Crippen LogP contribution in [0.15, 0.2) is 11.6 Å². The minimum atomic E-state index is 0.0807. The van der Waals surface area contributed by atoms with Gasteiger partial charge in [-0.1, -0.05) is 0 Å². The van der Waals surface area contributed by atoms with Gasteiger partial charge < -0.3 is 4.74 Å². The summed E-state index contributed by atoms with van der Waals surface area (Å²) in [6.07, 6.45) is 1.59. The van der Waals surface area contributed by atoms with Gasteiger partial charge in [-0.05, 0) is 32.4 Å². The van der Waals surface area contributed by atoms with E-state index in [4.69, 9.17) is 4.74 Å². The second-order valence-corrected chi connectivity index (χ2v) is 2.24. The first-order chi connectivity index (χ1) is 4.66. The van der Waals surface area contributed by atoms with E-state index in [9.17, 15) is 4.79 Å². The van der Waals surface area contributed by atoms with Gasteiger partial charge in [-0.15, -0.1) is 0 Å².